The lowest BCUT2D eigenvalue weighted by Gasteiger charge is -2.19. The van der Waals surface area contributed by atoms with Crippen LogP contribution in [0.25, 0.3) is 11.0 Å². The molecular weight excluding hydrogens is 300 g/mol. The molecule has 0 amide bonds. The summed E-state index contributed by atoms with van der Waals surface area (Å²) in [6.45, 7) is 7.26. The molecule has 0 radical (unpaired) electrons. The minimum atomic E-state index is -0.593. The SMILES string of the molecule is CC(C)(C)c1ccc(OC[C@H](O)Cn2cnc3ccccc32)cc1. The Labute approximate surface area is 142 Å². The van der Waals surface area contributed by atoms with E-state index in [1.807, 2.05) is 41.0 Å². The Morgan fingerprint density at radius 2 is 1.79 bits per heavy atom. The number of rotatable bonds is 5. The number of aromatic nitrogens is 2. The second-order valence-corrected chi connectivity index (χ2v) is 7.12. The van der Waals surface area contributed by atoms with Crippen molar-refractivity contribution in [1.82, 2.24) is 9.55 Å². The van der Waals surface area contributed by atoms with E-state index >= 15 is 0 Å². The summed E-state index contributed by atoms with van der Waals surface area (Å²) in [6, 6.07) is 16.0. The Hall–Kier alpha value is -2.33. The quantitative estimate of drug-likeness (QED) is 0.777. The van der Waals surface area contributed by atoms with Crippen LogP contribution in [0, 0.1) is 0 Å². The molecular formula is C20H24N2O2. The van der Waals surface area contributed by atoms with Crippen LogP contribution in [-0.2, 0) is 12.0 Å². The van der Waals surface area contributed by atoms with Crippen molar-refractivity contribution in [3.63, 3.8) is 0 Å². The van der Waals surface area contributed by atoms with Crippen molar-refractivity contribution in [3.05, 3.63) is 60.4 Å². The van der Waals surface area contributed by atoms with Crippen LogP contribution in [0.1, 0.15) is 26.3 Å². The molecule has 126 valence electrons. The fourth-order valence-electron chi connectivity index (χ4n) is 2.68. The average molecular weight is 324 g/mol. The zero-order chi connectivity index (χ0) is 17.2. The second-order valence-electron chi connectivity index (χ2n) is 7.12. The van der Waals surface area contributed by atoms with Gasteiger partial charge in [0.2, 0.25) is 0 Å². The predicted octanol–water partition coefficient (Wildman–Crippen LogP) is 3.77. The molecule has 0 aliphatic rings. The Morgan fingerprint density at radius 3 is 2.50 bits per heavy atom. The Bertz CT molecular complexity index is 800. The molecule has 0 bridgehead atoms. The zero-order valence-electron chi connectivity index (χ0n) is 14.4. The first-order chi connectivity index (χ1) is 11.4. The number of ether oxygens (including phenoxy) is 1. The number of nitrogens with zero attached hydrogens (tertiary/aromatic N) is 2. The van der Waals surface area contributed by atoms with Gasteiger partial charge in [0, 0.05) is 0 Å². The van der Waals surface area contributed by atoms with Gasteiger partial charge in [0.25, 0.3) is 0 Å². The Morgan fingerprint density at radius 1 is 1.08 bits per heavy atom. The van der Waals surface area contributed by atoms with Gasteiger partial charge in [-0.3, -0.25) is 0 Å². The van der Waals surface area contributed by atoms with Crippen LogP contribution in [-0.4, -0.2) is 27.4 Å². The molecule has 4 nitrogen and oxygen atoms in total. The minimum absolute atomic E-state index is 0.126. The number of benzene rings is 2. The first-order valence-corrected chi connectivity index (χ1v) is 8.25. The number of aliphatic hydroxyl groups excluding tert-OH is 1. The van der Waals surface area contributed by atoms with Crippen LogP contribution in [0.15, 0.2) is 54.9 Å². The molecule has 0 spiro atoms. The Kier molecular flexibility index (Phi) is 4.58. The van der Waals surface area contributed by atoms with E-state index in [2.05, 4.69) is 37.9 Å². The molecule has 0 fully saturated rings. The highest BCUT2D eigenvalue weighted by Crippen LogP contribution is 2.24. The van der Waals surface area contributed by atoms with Crippen molar-refractivity contribution in [2.75, 3.05) is 6.61 Å². The van der Waals surface area contributed by atoms with E-state index in [0.717, 1.165) is 16.8 Å². The first-order valence-electron chi connectivity index (χ1n) is 8.25. The standard InChI is InChI=1S/C20H24N2O2/c1-20(2,3)15-8-10-17(11-9-15)24-13-16(23)12-22-14-21-18-6-4-5-7-19(18)22/h4-11,14,16,23H,12-13H2,1-3H3/t16-/m1/s1. The smallest absolute Gasteiger partial charge is 0.119 e. The van der Waals surface area contributed by atoms with Crippen LogP contribution in [0.5, 0.6) is 5.75 Å². The van der Waals surface area contributed by atoms with E-state index < -0.39 is 6.10 Å². The molecule has 0 aliphatic heterocycles. The Balaban J connectivity index is 1.58. The number of fused-ring (bicyclic) bond motifs is 1. The maximum atomic E-state index is 10.3. The van der Waals surface area contributed by atoms with Crippen LogP contribution in [0.3, 0.4) is 0 Å². The van der Waals surface area contributed by atoms with E-state index in [4.69, 9.17) is 4.74 Å². The van der Waals surface area contributed by atoms with E-state index in [9.17, 15) is 5.11 Å². The zero-order valence-corrected chi connectivity index (χ0v) is 14.4. The van der Waals surface area contributed by atoms with Crippen LogP contribution < -0.4 is 4.74 Å². The first kappa shape index (κ1) is 16.5. The van der Waals surface area contributed by atoms with Gasteiger partial charge in [-0.25, -0.2) is 4.98 Å². The predicted molar refractivity (Wildman–Crippen MR) is 96.4 cm³/mol. The summed E-state index contributed by atoms with van der Waals surface area (Å²) < 4.78 is 7.66. The van der Waals surface area contributed by atoms with E-state index in [1.54, 1.807) is 6.33 Å². The number of imidazole rings is 1. The van der Waals surface area contributed by atoms with Crippen molar-refractivity contribution in [3.8, 4) is 5.75 Å². The molecule has 24 heavy (non-hydrogen) atoms. The number of para-hydroxylation sites is 2. The van der Waals surface area contributed by atoms with Gasteiger partial charge in [-0.2, -0.15) is 0 Å². The van der Waals surface area contributed by atoms with Gasteiger partial charge in [0.15, 0.2) is 0 Å². The third kappa shape index (κ3) is 3.77. The van der Waals surface area contributed by atoms with Gasteiger partial charge in [0.1, 0.15) is 18.5 Å². The van der Waals surface area contributed by atoms with Crippen LogP contribution in [0.4, 0.5) is 0 Å². The molecule has 1 N–H and O–H groups in total. The van der Waals surface area contributed by atoms with E-state index in [0.29, 0.717) is 6.54 Å². The van der Waals surface area contributed by atoms with Gasteiger partial charge in [-0.05, 0) is 35.2 Å². The van der Waals surface area contributed by atoms with Gasteiger partial charge < -0.3 is 14.4 Å². The molecule has 1 aromatic heterocycles. The van der Waals surface area contributed by atoms with Gasteiger partial charge in [-0.15, -0.1) is 0 Å². The molecule has 1 heterocycles. The molecule has 0 aliphatic carbocycles. The lowest BCUT2D eigenvalue weighted by atomic mass is 9.87. The lowest BCUT2D eigenvalue weighted by Crippen LogP contribution is -2.23. The highest BCUT2D eigenvalue weighted by molar-refractivity contribution is 5.74. The van der Waals surface area contributed by atoms with Crippen molar-refractivity contribution in [2.45, 2.75) is 38.8 Å². The summed E-state index contributed by atoms with van der Waals surface area (Å²) in [4.78, 5) is 4.33. The molecule has 0 unspecified atom stereocenters. The monoisotopic (exact) mass is 324 g/mol. The molecule has 4 heteroatoms. The normalized spacial score (nSPS) is 13.2. The minimum Gasteiger partial charge on any atom is -0.491 e. The third-order valence-corrected chi connectivity index (χ3v) is 4.10. The van der Waals surface area contributed by atoms with Gasteiger partial charge in [0.05, 0.1) is 23.9 Å². The van der Waals surface area contributed by atoms with E-state index in [1.165, 1.54) is 5.56 Å². The average Bonchev–Trinajstić information content (AvgIpc) is 2.96. The summed E-state index contributed by atoms with van der Waals surface area (Å²) >= 11 is 0. The molecule has 0 saturated heterocycles. The highest BCUT2D eigenvalue weighted by atomic mass is 16.5. The fraction of sp³-hybridized carbons (Fsp3) is 0.350. The fourth-order valence-corrected chi connectivity index (χ4v) is 2.68. The molecule has 3 rings (SSSR count). The van der Waals surface area contributed by atoms with Crippen molar-refractivity contribution < 1.29 is 9.84 Å². The van der Waals surface area contributed by atoms with Gasteiger partial charge >= 0.3 is 0 Å². The van der Waals surface area contributed by atoms with Crippen molar-refractivity contribution in [2.24, 2.45) is 0 Å². The molecule has 2 aromatic carbocycles. The van der Waals surface area contributed by atoms with E-state index in [-0.39, 0.29) is 12.0 Å². The largest absolute Gasteiger partial charge is 0.491 e. The molecule has 3 aromatic rings. The molecule has 1 atom stereocenters. The van der Waals surface area contributed by atoms with Crippen LogP contribution >= 0.6 is 0 Å². The maximum absolute atomic E-state index is 10.3. The summed E-state index contributed by atoms with van der Waals surface area (Å²) in [5.41, 5.74) is 3.34. The number of aliphatic hydroxyl groups is 1. The summed E-state index contributed by atoms with van der Waals surface area (Å²) in [5.74, 6) is 0.775. The summed E-state index contributed by atoms with van der Waals surface area (Å²) in [6.07, 6.45) is 1.16. The van der Waals surface area contributed by atoms with Crippen LogP contribution in [0.2, 0.25) is 0 Å². The van der Waals surface area contributed by atoms with Gasteiger partial charge in [-0.1, -0.05) is 45.0 Å². The van der Waals surface area contributed by atoms with Crippen molar-refractivity contribution in [1.29, 1.82) is 0 Å². The number of hydrogen-bond donors (Lipinski definition) is 1. The number of hydrogen-bond acceptors (Lipinski definition) is 3. The third-order valence-electron chi connectivity index (χ3n) is 4.10. The topological polar surface area (TPSA) is 47.3 Å². The summed E-state index contributed by atoms with van der Waals surface area (Å²) in [7, 11) is 0. The molecule has 0 saturated carbocycles. The van der Waals surface area contributed by atoms with Crippen molar-refractivity contribution >= 4 is 11.0 Å². The second kappa shape index (κ2) is 6.65. The maximum Gasteiger partial charge on any atom is 0.119 e. The highest BCUT2D eigenvalue weighted by Gasteiger charge is 2.13. The summed E-state index contributed by atoms with van der Waals surface area (Å²) in [5, 5.41) is 10.3. The lowest BCUT2D eigenvalue weighted by molar-refractivity contribution is 0.0934.